The van der Waals surface area contributed by atoms with Crippen molar-refractivity contribution in [1.29, 1.82) is 0 Å². The maximum Gasteiger partial charge on any atom is 0.242 e. The van der Waals surface area contributed by atoms with Crippen LogP contribution in [0.3, 0.4) is 0 Å². The number of nitrogens with one attached hydrogen (secondary N) is 2. The minimum atomic E-state index is -0.421. The zero-order chi connectivity index (χ0) is 16.9. The lowest BCUT2D eigenvalue weighted by molar-refractivity contribution is -0.131. The third-order valence-electron chi connectivity index (χ3n) is 3.87. The molecule has 0 saturated carbocycles. The Balaban J connectivity index is 1.59. The van der Waals surface area contributed by atoms with Crippen molar-refractivity contribution in [1.82, 2.24) is 15.5 Å². The molecule has 1 atom stereocenters. The van der Waals surface area contributed by atoms with Crippen molar-refractivity contribution in [3.63, 3.8) is 0 Å². The number of rotatable bonds is 5. The normalized spacial score (nSPS) is 18.2. The summed E-state index contributed by atoms with van der Waals surface area (Å²) < 4.78 is 12.9. The van der Waals surface area contributed by atoms with Gasteiger partial charge in [0.2, 0.25) is 11.8 Å². The predicted octanol–water partition coefficient (Wildman–Crippen LogP) is 1.68. The Kier molecular flexibility index (Phi) is 5.22. The Labute approximate surface area is 143 Å². The first kappa shape index (κ1) is 16.6. The molecule has 126 valence electrons. The average molecular weight is 347 g/mol. The highest BCUT2D eigenvalue weighted by atomic mass is 32.1. The maximum atomic E-state index is 12.9. The fourth-order valence-electron chi connectivity index (χ4n) is 2.68. The van der Waals surface area contributed by atoms with Crippen molar-refractivity contribution in [2.45, 2.75) is 12.6 Å². The predicted molar refractivity (Wildman–Crippen MR) is 89.9 cm³/mol. The van der Waals surface area contributed by atoms with Gasteiger partial charge >= 0.3 is 0 Å². The second-order valence-electron chi connectivity index (χ2n) is 5.58. The van der Waals surface area contributed by atoms with E-state index >= 15 is 0 Å². The van der Waals surface area contributed by atoms with Crippen LogP contribution in [-0.2, 0) is 16.1 Å². The van der Waals surface area contributed by atoms with Crippen molar-refractivity contribution in [3.05, 3.63) is 58.0 Å². The van der Waals surface area contributed by atoms with Crippen molar-refractivity contribution in [2.24, 2.45) is 0 Å². The van der Waals surface area contributed by atoms with Gasteiger partial charge in [-0.25, -0.2) is 4.39 Å². The summed E-state index contributed by atoms with van der Waals surface area (Å²) in [6.07, 6.45) is 0. The molecular formula is C17H18FN3O2S. The van der Waals surface area contributed by atoms with E-state index in [-0.39, 0.29) is 24.2 Å². The van der Waals surface area contributed by atoms with Gasteiger partial charge < -0.3 is 10.6 Å². The van der Waals surface area contributed by atoms with E-state index in [2.05, 4.69) is 10.6 Å². The maximum absolute atomic E-state index is 12.9. The number of thiophene rings is 1. The Morgan fingerprint density at radius 2 is 2.12 bits per heavy atom. The summed E-state index contributed by atoms with van der Waals surface area (Å²) in [6.45, 7) is 1.64. The second-order valence-corrected chi connectivity index (χ2v) is 6.56. The van der Waals surface area contributed by atoms with Crippen LogP contribution >= 0.6 is 11.3 Å². The molecule has 5 nitrogen and oxygen atoms in total. The van der Waals surface area contributed by atoms with Gasteiger partial charge in [0, 0.05) is 24.5 Å². The topological polar surface area (TPSA) is 61.4 Å². The average Bonchev–Trinajstić information content (AvgIpc) is 3.08. The van der Waals surface area contributed by atoms with Crippen molar-refractivity contribution in [3.8, 4) is 0 Å². The van der Waals surface area contributed by atoms with Gasteiger partial charge in [0.25, 0.3) is 0 Å². The monoisotopic (exact) mass is 347 g/mol. The highest BCUT2D eigenvalue weighted by Crippen LogP contribution is 2.26. The lowest BCUT2D eigenvalue weighted by atomic mass is 10.1. The van der Waals surface area contributed by atoms with Crippen LogP contribution in [0.15, 0.2) is 41.8 Å². The number of hydrogen-bond donors (Lipinski definition) is 2. The SMILES string of the molecule is O=C(CN1CCNC(=O)[C@H]1c1cccs1)NCc1ccc(F)cc1. The molecule has 1 aliphatic heterocycles. The van der Waals surface area contributed by atoms with Gasteiger partial charge in [0.15, 0.2) is 0 Å². The highest BCUT2D eigenvalue weighted by Gasteiger charge is 2.32. The number of halogens is 1. The van der Waals surface area contributed by atoms with Crippen LogP contribution < -0.4 is 10.6 Å². The number of nitrogens with zero attached hydrogens (tertiary/aromatic N) is 1. The molecule has 0 unspecified atom stereocenters. The van der Waals surface area contributed by atoms with Crippen LogP contribution in [0.2, 0.25) is 0 Å². The van der Waals surface area contributed by atoms with Crippen molar-refractivity contribution < 1.29 is 14.0 Å². The zero-order valence-electron chi connectivity index (χ0n) is 13.0. The van der Waals surface area contributed by atoms with E-state index in [1.165, 1.54) is 23.5 Å². The minimum Gasteiger partial charge on any atom is -0.353 e. The molecule has 7 heteroatoms. The van der Waals surface area contributed by atoms with Gasteiger partial charge in [0.1, 0.15) is 11.9 Å². The van der Waals surface area contributed by atoms with Gasteiger partial charge in [-0.05, 0) is 29.1 Å². The molecule has 2 aromatic rings. The van der Waals surface area contributed by atoms with Gasteiger partial charge in [-0.3, -0.25) is 14.5 Å². The number of piperazine rings is 1. The summed E-state index contributed by atoms with van der Waals surface area (Å²) in [6, 6.07) is 9.39. The Morgan fingerprint density at radius 3 is 2.83 bits per heavy atom. The van der Waals surface area contributed by atoms with Crippen LogP contribution in [0, 0.1) is 5.82 Å². The highest BCUT2D eigenvalue weighted by molar-refractivity contribution is 7.10. The summed E-state index contributed by atoms with van der Waals surface area (Å²) in [5.74, 6) is -0.534. The number of carbonyl (C=O) groups excluding carboxylic acids is 2. The molecule has 3 rings (SSSR count). The van der Waals surface area contributed by atoms with E-state index in [1.54, 1.807) is 12.1 Å². The summed E-state index contributed by atoms with van der Waals surface area (Å²) in [4.78, 5) is 27.2. The third-order valence-corrected chi connectivity index (χ3v) is 4.80. The lowest BCUT2D eigenvalue weighted by Crippen LogP contribution is -2.52. The molecule has 0 bridgehead atoms. The van der Waals surface area contributed by atoms with Gasteiger partial charge in [-0.2, -0.15) is 0 Å². The Morgan fingerprint density at radius 1 is 1.33 bits per heavy atom. The summed E-state index contributed by atoms with van der Waals surface area (Å²) in [5, 5.41) is 7.58. The van der Waals surface area contributed by atoms with Gasteiger partial charge in [0.05, 0.1) is 6.54 Å². The van der Waals surface area contributed by atoms with Crippen LogP contribution in [0.1, 0.15) is 16.5 Å². The van der Waals surface area contributed by atoms with Crippen LogP contribution in [-0.4, -0.2) is 36.3 Å². The fourth-order valence-corrected chi connectivity index (χ4v) is 3.54. The van der Waals surface area contributed by atoms with Gasteiger partial charge in [-0.1, -0.05) is 18.2 Å². The van der Waals surface area contributed by atoms with Crippen molar-refractivity contribution >= 4 is 23.2 Å². The number of carbonyl (C=O) groups is 2. The van der Waals surface area contributed by atoms with E-state index in [0.717, 1.165) is 10.4 Å². The fraction of sp³-hybridized carbons (Fsp3) is 0.294. The minimum absolute atomic E-state index is 0.0740. The number of benzene rings is 1. The number of amides is 2. The first-order chi connectivity index (χ1) is 11.6. The van der Waals surface area contributed by atoms with Gasteiger partial charge in [-0.15, -0.1) is 11.3 Å². The molecule has 1 aromatic heterocycles. The molecule has 1 aliphatic rings. The molecular weight excluding hydrogens is 329 g/mol. The lowest BCUT2D eigenvalue weighted by Gasteiger charge is -2.33. The first-order valence-electron chi connectivity index (χ1n) is 7.70. The third kappa shape index (κ3) is 3.98. The van der Waals surface area contributed by atoms with E-state index in [1.807, 2.05) is 22.4 Å². The van der Waals surface area contributed by atoms with Crippen LogP contribution in [0.25, 0.3) is 0 Å². The molecule has 1 saturated heterocycles. The van der Waals surface area contributed by atoms with E-state index in [0.29, 0.717) is 19.6 Å². The number of hydrogen-bond acceptors (Lipinski definition) is 4. The summed E-state index contributed by atoms with van der Waals surface area (Å²) >= 11 is 1.51. The van der Waals surface area contributed by atoms with E-state index in [4.69, 9.17) is 0 Å². The molecule has 2 amide bonds. The molecule has 24 heavy (non-hydrogen) atoms. The van der Waals surface area contributed by atoms with Crippen LogP contribution in [0.5, 0.6) is 0 Å². The molecule has 0 spiro atoms. The molecule has 2 N–H and O–H groups in total. The smallest absolute Gasteiger partial charge is 0.242 e. The Hall–Kier alpha value is -2.25. The molecule has 1 fully saturated rings. The first-order valence-corrected chi connectivity index (χ1v) is 8.58. The van der Waals surface area contributed by atoms with Crippen molar-refractivity contribution in [2.75, 3.05) is 19.6 Å². The standard InChI is InChI=1S/C17H18FN3O2S/c18-13-5-3-12(4-6-13)10-20-15(22)11-21-8-7-19-17(23)16(21)14-2-1-9-24-14/h1-6,9,16H,7-8,10-11H2,(H,19,23)(H,20,22)/t16-/m1/s1. The van der Waals surface area contributed by atoms with E-state index < -0.39 is 6.04 Å². The molecule has 1 aromatic carbocycles. The zero-order valence-corrected chi connectivity index (χ0v) is 13.8. The molecule has 0 aliphatic carbocycles. The second kappa shape index (κ2) is 7.55. The summed E-state index contributed by atoms with van der Waals surface area (Å²) in [5.41, 5.74) is 0.830. The molecule has 0 radical (unpaired) electrons. The largest absolute Gasteiger partial charge is 0.353 e. The summed E-state index contributed by atoms with van der Waals surface area (Å²) in [7, 11) is 0. The van der Waals surface area contributed by atoms with E-state index in [9.17, 15) is 14.0 Å². The quantitative estimate of drug-likeness (QED) is 0.865. The molecule has 2 heterocycles. The Bertz CT molecular complexity index is 703. The van der Waals surface area contributed by atoms with Crippen LogP contribution in [0.4, 0.5) is 4.39 Å².